The Labute approximate surface area is 220 Å². The van der Waals surface area contributed by atoms with E-state index in [0.717, 1.165) is 10.5 Å². The molecule has 0 bridgehead atoms. The van der Waals surface area contributed by atoms with Crippen LogP contribution in [0.5, 0.6) is 0 Å². The predicted octanol–water partition coefficient (Wildman–Crippen LogP) is 4.18. The second-order valence-corrected chi connectivity index (χ2v) is 10.6. The number of hydrogen-bond donors (Lipinski definition) is 2. The molecule has 37 heavy (non-hydrogen) atoms. The number of nitrogens with zero attached hydrogens (tertiary/aromatic N) is 1. The Hall–Kier alpha value is -4.23. The summed E-state index contributed by atoms with van der Waals surface area (Å²) in [7, 11) is 0. The molecule has 2 atom stereocenters. The van der Waals surface area contributed by atoms with Gasteiger partial charge in [-0.1, -0.05) is 60.9 Å². The van der Waals surface area contributed by atoms with E-state index in [1.54, 1.807) is 45.0 Å². The summed E-state index contributed by atoms with van der Waals surface area (Å²) in [6.45, 7) is 10.6. The van der Waals surface area contributed by atoms with Gasteiger partial charge in [-0.25, -0.2) is 4.79 Å². The summed E-state index contributed by atoms with van der Waals surface area (Å²) < 4.78 is 5.39. The van der Waals surface area contributed by atoms with Gasteiger partial charge in [-0.15, -0.1) is 6.42 Å². The number of hydrogen-bond acceptors (Lipinski definition) is 4. The Morgan fingerprint density at radius 2 is 1.54 bits per heavy atom. The van der Waals surface area contributed by atoms with Crippen molar-refractivity contribution in [2.24, 2.45) is 0 Å². The first-order valence-electron chi connectivity index (χ1n) is 12.0. The average Bonchev–Trinajstić information content (AvgIpc) is 2.80. The number of rotatable bonds is 7. The lowest BCUT2D eigenvalue weighted by Crippen LogP contribution is -2.54. The van der Waals surface area contributed by atoms with E-state index in [9.17, 15) is 14.4 Å². The first-order valence-corrected chi connectivity index (χ1v) is 12.0. The summed E-state index contributed by atoms with van der Waals surface area (Å²) in [5, 5.41) is 5.53. The molecular weight excluding hydrogens is 466 g/mol. The lowest BCUT2D eigenvalue weighted by molar-refractivity contribution is -0.139. The minimum atomic E-state index is -1.23. The Bertz CT molecular complexity index is 1190. The number of alkyl carbamates (subject to hydrolysis) is 1. The molecule has 0 aliphatic heterocycles. The molecule has 0 saturated carbocycles. The van der Waals surface area contributed by atoms with Gasteiger partial charge in [-0.3, -0.25) is 14.5 Å². The molecule has 0 aliphatic carbocycles. The molecule has 0 fully saturated rings. The van der Waals surface area contributed by atoms with E-state index in [1.165, 1.54) is 0 Å². The first kappa shape index (κ1) is 29.0. The molecule has 2 aromatic rings. The smallest absolute Gasteiger partial charge is 0.408 e. The Morgan fingerprint density at radius 1 is 0.946 bits per heavy atom. The first-order chi connectivity index (χ1) is 17.3. The summed E-state index contributed by atoms with van der Waals surface area (Å²) >= 11 is 0. The van der Waals surface area contributed by atoms with Crippen LogP contribution in [0.15, 0.2) is 54.6 Å². The van der Waals surface area contributed by atoms with Crippen molar-refractivity contribution in [3.63, 3.8) is 0 Å². The number of carbonyl (C=O) groups is 3. The summed E-state index contributed by atoms with van der Waals surface area (Å²) in [6.07, 6.45) is 10.9. The summed E-state index contributed by atoms with van der Waals surface area (Å²) in [5.41, 5.74) is 0.214. The van der Waals surface area contributed by atoms with E-state index in [-0.39, 0.29) is 6.42 Å². The maximum absolute atomic E-state index is 13.9. The zero-order valence-electron chi connectivity index (χ0n) is 22.3. The van der Waals surface area contributed by atoms with Gasteiger partial charge in [-0.05, 0) is 53.2 Å². The molecule has 7 nitrogen and oxygen atoms in total. The van der Waals surface area contributed by atoms with E-state index in [0.29, 0.717) is 11.1 Å². The van der Waals surface area contributed by atoms with Crippen LogP contribution < -0.4 is 10.6 Å². The van der Waals surface area contributed by atoms with Crippen molar-refractivity contribution in [1.29, 1.82) is 0 Å². The van der Waals surface area contributed by atoms with E-state index in [2.05, 4.69) is 22.6 Å². The molecule has 2 N–H and O–H groups in total. The van der Waals surface area contributed by atoms with E-state index >= 15 is 0 Å². The molecule has 0 heterocycles. The maximum atomic E-state index is 13.9. The fraction of sp³-hybridized carbons (Fsp3) is 0.367. The molecule has 0 aliphatic rings. The van der Waals surface area contributed by atoms with Crippen molar-refractivity contribution < 1.29 is 19.1 Å². The molecule has 3 amide bonds. The van der Waals surface area contributed by atoms with Crippen LogP contribution in [0.3, 0.4) is 0 Å². The number of nitrogens with one attached hydrogen (secondary N) is 2. The molecule has 2 aromatic carbocycles. The standard InChI is InChI=1S/C30H35N3O4/c1-9-22-18-14-15-19-23(22)25(26(34)32-29(3,4)5)33(10-2)27(35)24(20-21-16-12-11-13-17-21)31-28(36)37-30(6,7)8/h1-2,11-19,24-25H,20H2,3-8H3,(H,31,36)(H,32,34). The molecule has 0 radical (unpaired) electrons. The normalized spacial score (nSPS) is 12.8. The molecule has 7 heteroatoms. The molecule has 0 saturated heterocycles. The van der Waals surface area contributed by atoms with Crippen molar-refractivity contribution in [1.82, 2.24) is 15.5 Å². The molecular formula is C30H35N3O4. The largest absolute Gasteiger partial charge is 0.444 e. The molecule has 0 spiro atoms. The third-order valence-corrected chi connectivity index (χ3v) is 5.06. The lowest BCUT2D eigenvalue weighted by Gasteiger charge is -2.33. The van der Waals surface area contributed by atoms with E-state index in [1.807, 2.05) is 51.1 Å². The Morgan fingerprint density at radius 3 is 2.08 bits per heavy atom. The number of benzene rings is 2. The van der Waals surface area contributed by atoms with Crippen LogP contribution in [-0.2, 0) is 20.7 Å². The van der Waals surface area contributed by atoms with E-state index in [4.69, 9.17) is 17.6 Å². The third-order valence-electron chi connectivity index (χ3n) is 5.06. The number of carbonyl (C=O) groups excluding carboxylic acids is 3. The van der Waals surface area contributed by atoms with Crippen LogP contribution in [0.1, 0.15) is 64.3 Å². The lowest BCUT2D eigenvalue weighted by atomic mass is 9.96. The van der Waals surface area contributed by atoms with Crippen LogP contribution >= 0.6 is 0 Å². The van der Waals surface area contributed by atoms with Crippen LogP contribution in [0.4, 0.5) is 4.79 Å². The average molecular weight is 502 g/mol. The zero-order valence-corrected chi connectivity index (χ0v) is 22.3. The van der Waals surface area contributed by atoms with Gasteiger partial charge in [0.2, 0.25) is 5.91 Å². The fourth-order valence-corrected chi connectivity index (χ4v) is 3.64. The van der Waals surface area contributed by atoms with Crippen molar-refractivity contribution >= 4 is 17.9 Å². The topological polar surface area (TPSA) is 87.7 Å². The minimum absolute atomic E-state index is 0.126. The summed E-state index contributed by atoms with van der Waals surface area (Å²) in [5.74, 6) is 1.41. The molecule has 2 rings (SSSR count). The van der Waals surface area contributed by atoms with Gasteiger partial charge in [0.05, 0.1) is 0 Å². The van der Waals surface area contributed by atoms with Crippen molar-refractivity contribution in [2.45, 2.75) is 71.2 Å². The predicted molar refractivity (Wildman–Crippen MR) is 144 cm³/mol. The van der Waals surface area contributed by atoms with Gasteiger partial charge in [-0.2, -0.15) is 0 Å². The number of terminal acetylenes is 2. The highest BCUT2D eigenvalue weighted by atomic mass is 16.6. The Balaban J connectivity index is 2.56. The minimum Gasteiger partial charge on any atom is -0.444 e. The third kappa shape index (κ3) is 8.74. The number of amides is 3. The van der Waals surface area contributed by atoms with Crippen LogP contribution in [0, 0.1) is 24.8 Å². The second kappa shape index (κ2) is 12.1. The van der Waals surface area contributed by atoms with Crippen LogP contribution in [-0.4, -0.2) is 40.0 Å². The van der Waals surface area contributed by atoms with Gasteiger partial charge in [0.25, 0.3) is 5.91 Å². The fourth-order valence-electron chi connectivity index (χ4n) is 3.64. The monoisotopic (exact) mass is 501 g/mol. The zero-order chi connectivity index (χ0) is 27.8. The summed E-state index contributed by atoms with van der Waals surface area (Å²) in [6, 6.07) is 16.0. The SMILES string of the molecule is C#Cc1ccccc1C(C(=O)NC(C)(C)C)N(C#C)C(=O)C(Cc1ccccc1)NC(=O)OC(C)(C)C. The van der Waals surface area contributed by atoms with Crippen LogP contribution in [0.25, 0.3) is 0 Å². The molecule has 194 valence electrons. The van der Waals surface area contributed by atoms with Gasteiger partial charge in [0.1, 0.15) is 17.7 Å². The van der Waals surface area contributed by atoms with Crippen LogP contribution in [0.2, 0.25) is 0 Å². The molecule has 2 unspecified atom stereocenters. The van der Waals surface area contributed by atoms with Crippen molar-refractivity contribution in [3.8, 4) is 24.8 Å². The number of ether oxygens (including phenoxy) is 1. The van der Waals surface area contributed by atoms with Crippen molar-refractivity contribution in [3.05, 3.63) is 71.3 Å². The highest BCUT2D eigenvalue weighted by Gasteiger charge is 2.37. The van der Waals surface area contributed by atoms with Gasteiger partial charge in [0.15, 0.2) is 0 Å². The van der Waals surface area contributed by atoms with Gasteiger partial charge >= 0.3 is 6.09 Å². The molecule has 0 aromatic heterocycles. The highest BCUT2D eigenvalue weighted by Crippen LogP contribution is 2.26. The summed E-state index contributed by atoms with van der Waals surface area (Å²) in [4.78, 5) is 41.2. The van der Waals surface area contributed by atoms with E-state index < -0.39 is 41.1 Å². The highest BCUT2D eigenvalue weighted by molar-refractivity contribution is 5.94. The quantitative estimate of drug-likeness (QED) is 0.440. The Kier molecular flexibility index (Phi) is 9.52. The second-order valence-electron chi connectivity index (χ2n) is 10.6. The van der Waals surface area contributed by atoms with Gasteiger partial charge < -0.3 is 15.4 Å². The van der Waals surface area contributed by atoms with Crippen molar-refractivity contribution in [2.75, 3.05) is 0 Å². The van der Waals surface area contributed by atoms with Gasteiger partial charge in [0, 0.05) is 29.1 Å². The maximum Gasteiger partial charge on any atom is 0.408 e.